The van der Waals surface area contributed by atoms with E-state index in [-0.39, 0.29) is 22.5 Å². The molecule has 0 saturated carbocycles. The van der Waals surface area contributed by atoms with Gasteiger partial charge in [0.1, 0.15) is 6.07 Å². The maximum atomic E-state index is 14.2. The Morgan fingerprint density at radius 3 is 2.84 bits per heavy atom. The highest BCUT2D eigenvalue weighted by Gasteiger charge is 2.22. The molecule has 0 aromatic heterocycles. The van der Waals surface area contributed by atoms with E-state index in [1.165, 1.54) is 0 Å². The molecule has 0 atom stereocenters. The van der Waals surface area contributed by atoms with Gasteiger partial charge in [0.15, 0.2) is 5.82 Å². The highest BCUT2D eigenvalue weighted by Crippen LogP contribution is 2.29. The lowest BCUT2D eigenvalue weighted by atomic mass is 10.2. The van der Waals surface area contributed by atoms with Crippen LogP contribution in [0.4, 0.5) is 10.1 Å². The van der Waals surface area contributed by atoms with Gasteiger partial charge in [-0.2, -0.15) is 5.26 Å². The van der Waals surface area contributed by atoms with Gasteiger partial charge in [0.05, 0.1) is 22.3 Å². The van der Waals surface area contributed by atoms with Crippen LogP contribution < -0.4 is 4.90 Å². The zero-order chi connectivity index (χ0) is 14.0. The van der Waals surface area contributed by atoms with Crippen LogP contribution in [-0.2, 0) is 4.79 Å². The van der Waals surface area contributed by atoms with Crippen LogP contribution in [0.25, 0.3) is 0 Å². The molecule has 1 saturated heterocycles. The van der Waals surface area contributed by atoms with Gasteiger partial charge < -0.3 is 9.80 Å². The monoisotopic (exact) mass is 325 g/mol. The first-order chi connectivity index (χ1) is 9.04. The Morgan fingerprint density at radius 1 is 1.42 bits per heavy atom. The Balaban J connectivity index is 2.34. The number of hydrogen-bond donors (Lipinski definition) is 0. The average molecular weight is 326 g/mol. The van der Waals surface area contributed by atoms with E-state index in [9.17, 15) is 9.18 Å². The number of rotatable bonds is 1. The van der Waals surface area contributed by atoms with Gasteiger partial charge >= 0.3 is 0 Å². The van der Waals surface area contributed by atoms with E-state index in [0.29, 0.717) is 18.8 Å². The second-order valence-electron chi connectivity index (χ2n) is 4.46. The van der Waals surface area contributed by atoms with E-state index in [0.717, 1.165) is 6.42 Å². The van der Waals surface area contributed by atoms with Crippen molar-refractivity contribution in [1.82, 2.24) is 4.90 Å². The molecule has 4 nitrogen and oxygen atoms in total. The van der Waals surface area contributed by atoms with Crippen LogP contribution in [-0.4, -0.2) is 37.5 Å². The molecule has 0 unspecified atom stereocenters. The summed E-state index contributed by atoms with van der Waals surface area (Å²) < 4.78 is 14.4. The minimum atomic E-state index is -0.489. The lowest BCUT2D eigenvalue weighted by Crippen LogP contribution is -2.34. The number of anilines is 1. The summed E-state index contributed by atoms with van der Waals surface area (Å²) in [5, 5.41) is 8.84. The van der Waals surface area contributed by atoms with Gasteiger partial charge in [-0.1, -0.05) is 0 Å². The zero-order valence-corrected chi connectivity index (χ0v) is 12.1. The van der Waals surface area contributed by atoms with Crippen LogP contribution in [0, 0.1) is 17.1 Å². The van der Waals surface area contributed by atoms with Gasteiger partial charge in [0, 0.05) is 20.1 Å². The molecule has 0 radical (unpaired) electrons. The predicted molar refractivity (Wildman–Crippen MR) is 73.3 cm³/mol. The van der Waals surface area contributed by atoms with Crippen molar-refractivity contribution in [3.05, 3.63) is 28.0 Å². The Morgan fingerprint density at radius 2 is 2.16 bits per heavy atom. The van der Waals surface area contributed by atoms with Crippen molar-refractivity contribution in [1.29, 1.82) is 5.26 Å². The second kappa shape index (κ2) is 5.57. The smallest absolute Gasteiger partial charge is 0.241 e. The maximum Gasteiger partial charge on any atom is 0.241 e. The molecule has 1 heterocycles. The normalized spacial score (nSPS) is 16.2. The molecule has 1 aliphatic rings. The largest absolute Gasteiger partial charge is 0.360 e. The van der Waals surface area contributed by atoms with E-state index in [1.54, 1.807) is 29.0 Å². The quantitative estimate of drug-likeness (QED) is 0.794. The number of carbonyl (C=O) groups is 1. The molecule has 100 valence electrons. The lowest BCUT2D eigenvalue weighted by molar-refractivity contribution is -0.127. The number of nitrogens with zero attached hydrogens (tertiary/aromatic N) is 3. The molecule has 1 amide bonds. The van der Waals surface area contributed by atoms with Crippen molar-refractivity contribution < 1.29 is 9.18 Å². The topological polar surface area (TPSA) is 47.3 Å². The molecule has 1 aromatic rings. The van der Waals surface area contributed by atoms with E-state index in [1.807, 2.05) is 6.07 Å². The highest BCUT2D eigenvalue weighted by molar-refractivity contribution is 9.10. The maximum absolute atomic E-state index is 14.2. The first-order valence-electron chi connectivity index (χ1n) is 5.91. The van der Waals surface area contributed by atoms with Crippen molar-refractivity contribution in [3.63, 3.8) is 0 Å². The molecule has 0 bridgehead atoms. The summed E-state index contributed by atoms with van der Waals surface area (Å²) in [5.41, 5.74) is 0.606. The summed E-state index contributed by atoms with van der Waals surface area (Å²) in [6.07, 6.45) is 0.791. The highest BCUT2D eigenvalue weighted by atomic mass is 79.9. The zero-order valence-electron chi connectivity index (χ0n) is 10.5. The number of halogens is 2. The summed E-state index contributed by atoms with van der Waals surface area (Å²) >= 11 is 3.08. The first kappa shape index (κ1) is 13.8. The van der Waals surface area contributed by atoms with Crippen molar-refractivity contribution in [2.45, 2.75) is 6.42 Å². The summed E-state index contributed by atoms with van der Waals surface area (Å²) in [5.74, 6) is -0.520. The minimum absolute atomic E-state index is 0.0302. The number of amides is 1. The van der Waals surface area contributed by atoms with E-state index in [2.05, 4.69) is 15.9 Å². The molecular weight excluding hydrogens is 313 g/mol. The Labute approximate surface area is 119 Å². The third-order valence-corrected chi connectivity index (χ3v) is 3.97. The van der Waals surface area contributed by atoms with Gasteiger partial charge in [-0.05, 0) is 34.5 Å². The molecule has 6 heteroatoms. The van der Waals surface area contributed by atoms with Crippen LogP contribution in [0.5, 0.6) is 0 Å². The van der Waals surface area contributed by atoms with Gasteiger partial charge in [0.2, 0.25) is 5.91 Å². The van der Waals surface area contributed by atoms with Crippen molar-refractivity contribution in [3.8, 4) is 6.07 Å². The van der Waals surface area contributed by atoms with Crippen LogP contribution in [0.1, 0.15) is 12.0 Å². The van der Waals surface area contributed by atoms with E-state index >= 15 is 0 Å². The summed E-state index contributed by atoms with van der Waals surface area (Å²) in [6.45, 7) is 1.45. The SMILES string of the molecule is CN1CCCN(c2ccc(C#N)c(Br)c2F)CC1=O. The van der Waals surface area contributed by atoms with Crippen LogP contribution in [0.15, 0.2) is 16.6 Å². The number of hydrogen-bond acceptors (Lipinski definition) is 3. The summed E-state index contributed by atoms with van der Waals surface area (Å²) in [4.78, 5) is 15.2. The first-order valence-corrected chi connectivity index (χ1v) is 6.71. The van der Waals surface area contributed by atoms with Gasteiger partial charge in [-0.25, -0.2) is 4.39 Å². The third kappa shape index (κ3) is 2.71. The Bertz CT molecular complexity index is 556. The van der Waals surface area contributed by atoms with E-state index < -0.39 is 5.82 Å². The van der Waals surface area contributed by atoms with Crippen molar-refractivity contribution in [2.24, 2.45) is 0 Å². The third-order valence-electron chi connectivity index (χ3n) is 3.20. The second-order valence-corrected chi connectivity index (χ2v) is 5.26. The van der Waals surface area contributed by atoms with Crippen molar-refractivity contribution in [2.75, 3.05) is 31.6 Å². The average Bonchev–Trinajstić information content (AvgIpc) is 2.55. The fraction of sp³-hybridized carbons (Fsp3) is 0.385. The predicted octanol–water partition coefficient (Wildman–Crippen LogP) is 2.13. The number of benzene rings is 1. The molecule has 1 aromatic carbocycles. The lowest BCUT2D eigenvalue weighted by Gasteiger charge is -2.23. The van der Waals surface area contributed by atoms with Crippen LogP contribution in [0.3, 0.4) is 0 Å². The summed E-state index contributed by atoms with van der Waals surface area (Å²) in [6, 6.07) is 5.02. The van der Waals surface area contributed by atoms with Gasteiger partial charge in [0.25, 0.3) is 0 Å². The molecule has 0 aliphatic carbocycles. The van der Waals surface area contributed by atoms with Crippen molar-refractivity contribution >= 4 is 27.5 Å². The number of likely N-dealkylation sites (N-methyl/N-ethyl adjacent to an activating group) is 1. The Hall–Kier alpha value is -1.61. The molecule has 19 heavy (non-hydrogen) atoms. The molecule has 1 fully saturated rings. The molecule has 0 N–H and O–H groups in total. The minimum Gasteiger partial charge on any atom is -0.360 e. The Kier molecular flexibility index (Phi) is 4.05. The fourth-order valence-electron chi connectivity index (χ4n) is 2.06. The molecule has 1 aliphatic heterocycles. The molecule has 0 spiro atoms. The molecule has 2 rings (SSSR count). The van der Waals surface area contributed by atoms with Crippen LogP contribution in [0.2, 0.25) is 0 Å². The fourth-order valence-corrected chi connectivity index (χ4v) is 2.49. The summed E-state index contributed by atoms with van der Waals surface area (Å²) in [7, 11) is 1.75. The number of nitriles is 1. The van der Waals surface area contributed by atoms with Crippen LogP contribution >= 0.6 is 15.9 Å². The molecular formula is C13H13BrFN3O. The standard InChI is InChI=1S/C13H13BrFN3O/c1-17-5-2-6-18(8-11(17)19)10-4-3-9(7-16)12(14)13(10)15/h3-4H,2,5-6,8H2,1H3. The number of carbonyl (C=O) groups excluding carboxylic acids is 1. The van der Waals surface area contributed by atoms with E-state index in [4.69, 9.17) is 5.26 Å². The van der Waals surface area contributed by atoms with Gasteiger partial charge in [-0.3, -0.25) is 4.79 Å². The van der Waals surface area contributed by atoms with Gasteiger partial charge in [-0.15, -0.1) is 0 Å².